The molecule has 2 aromatic carbocycles. The minimum Gasteiger partial charge on any atom is -0.422 e. The van der Waals surface area contributed by atoms with E-state index in [0.717, 1.165) is 0 Å². The topological polar surface area (TPSA) is 69.4 Å². The molecule has 2 aromatic rings. The van der Waals surface area contributed by atoms with Crippen LogP contribution in [0.3, 0.4) is 0 Å². The Labute approximate surface area is 148 Å². The minimum absolute atomic E-state index is 0.0144. The van der Waals surface area contributed by atoms with Crippen LogP contribution in [0.5, 0.6) is 5.75 Å². The number of halogens is 3. The zero-order chi connectivity index (χ0) is 19.6. The molecule has 4 nitrogen and oxygen atoms in total. The summed E-state index contributed by atoms with van der Waals surface area (Å²) in [7, 11) is 0. The van der Waals surface area contributed by atoms with Gasteiger partial charge in [-0.25, -0.2) is 18.0 Å². The molecule has 0 aromatic heterocycles. The average molecular weight is 365 g/mol. The SMILES string of the molecule is CC(C)(C)C(N)C(=O)c1ccccc1OC(=O)c1cc(F)cc(F)c1F. The number of hydrogen-bond donors (Lipinski definition) is 1. The molecule has 0 spiro atoms. The summed E-state index contributed by atoms with van der Waals surface area (Å²) in [6.45, 7) is 5.32. The fraction of sp³-hybridized carbons (Fsp3) is 0.263. The number of hydrogen-bond acceptors (Lipinski definition) is 4. The van der Waals surface area contributed by atoms with E-state index in [1.807, 2.05) is 0 Å². The Balaban J connectivity index is 2.37. The molecule has 0 radical (unpaired) electrons. The molecule has 7 heteroatoms. The maximum atomic E-state index is 13.7. The summed E-state index contributed by atoms with van der Waals surface area (Å²) in [5, 5.41) is 0. The molecule has 0 heterocycles. The van der Waals surface area contributed by atoms with Gasteiger partial charge in [0.1, 0.15) is 17.1 Å². The molecule has 1 unspecified atom stereocenters. The van der Waals surface area contributed by atoms with Crippen LogP contribution in [0.2, 0.25) is 0 Å². The third-order valence-electron chi connectivity index (χ3n) is 3.78. The number of nitrogens with two attached hydrogens (primary N) is 1. The molecule has 138 valence electrons. The van der Waals surface area contributed by atoms with Crippen molar-refractivity contribution in [2.24, 2.45) is 11.1 Å². The van der Waals surface area contributed by atoms with E-state index in [9.17, 15) is 22.8 Å². The summed E-state index contributed by atoms with van der Waals surface area (Å²) in [6.07, 6.45) is 0. The van der Waals surface area contributed by atoms with Crippen LogP contribution in [-0.4, -0.2) is 17.8 Å². The van der Waals surface area contributed by atoms with Crippen molar-refractivity contribution in [1.29, 1.82) is 0 Å². The number of carbonyl (C=O) groups is 2. The van der Waals surface area contributed by atoms with Gasteiger partial charge in [-0.15, -0.1) is 0 Å². The van der Waals surface area contributed by atoms with Gasteiger partial charge in [-0.1, -0.05) is 32.9 Å². The highest BCUT2D eigenvalue weighted by atomic mass is 19.2. The van der Waals surface area contributed by atoms with E-state index in [-0.39, 0.29) is 11.3 Å². The second kappa shape index (κ2) is 7.29. The lowest BCUT2D eigenvalue weighted by atomic mass is 9.83. The van der Waals surface area contributed by atoms with Gasteiger partial charge in [0, 0.05) is 6.07 Å². The number of carbonyl (C=O) groups excluding carboxylic acids is 2. The van der Waals surface area contributed by atoms with Gasteiger partial charge in [0.2, 0.25) is 0 Å². The Kier molecular flexibility index (Phi) is 5.51. The largest absolute Gasteiger partial charge is 0.422 e. The highest BCUT2D eigenvalue weighted by Gasteiger charge is 2.30. The number of esters is 1. The summed E-state index contributed by atoms with van der Waals surface area (Å²) < 4.78 is 45.3. The van der Waals surface area contributed by atoms with Crippen LogP contribution in [0.15, 0.2) is 36.4 Å². The van der Waals surface area contributed by atoms with Crippen LogP contribution in [0, 0.1) is 22.9 Å². The van der Waals surface area contributed by atoms with Crippen molar-refractivity contribution < 1.29 is 27.5 Å². The molecule has 0 aliphatic carbocycles. The van der Waals surface area contributed by atoms with Gasteiger partial charge in [-0.05, 0) is 23.6 Å². The lowest BCUT2D eigenvalue weighted by molar-refractivity contribution is 0.0724. The lowest BCUT2D eigenvalue weighted by Crippen LogP contribution is -2.42. The van der Waals surface area contributed by atoms with Gasteiger partial charge in [0.15, 0.2) is 17.4 Å². The maximum Gasteiger partial charge on any atom is 0.346 e. The van der Waals surface area contributed by atoms with E-state index in [1.54, 1.807) is 26.8 Å². The van der Waals surface area contributed by atoms with Gasteiger partial charge in [0.05, 0.1) is 11.6 Å². The quantitative estimate of drug-likeness (QED) is 0.386. The third kappa shape index (κ3) is 4.11. The van der Waals surface area contributed by atoms with Gasteiger partial charge < -0.3 is 10.5 Å². The van der Waals surface area contributed by atoms with Gasteiger partial charge in [0.25, 0.3) is 0 Å². The Morgan fingerprint density at radius 3 is 2.27 bits per heavy atom. The Bertz CT molecular complexity index is 860. The molecule has 0 aliphatic rings. The molecule has 0 amide bonds. The predicted octanol–water partition coefficient (Wildman–Crippen LogP) is 3.88. The Morgan fingerprint density at radius 2 is 1.65 bits per heavy atom. The van der Waals surface area contributed by atoms with Crippen LogP contribution in [0.4, 0.5) is 13.2 Å². The molecule has 0 saturated carbocycles. The molecule has 0 bridgehead atoms. The van der Waals surface area contributed by atoms with Crippen molar-refractivity contribution in [1.82, 2.24) is 0 Å². The molecule has 0 fully saturated rings. The molecule has 2 rings (SSSR count). The molecule has 26 heavy (non-hydrogen) atoms. The standard InChI is InChI=1S/C19H18F3NO3/c1-19(2,3)17(23)16(24)11-6-4-5-7-14(11)26-18(25)12-8-10(20)9-13(21)15(12)22/h4-9,17H,23H2,1-3H3. The highest BCUT2D eigenvalue weighted by molar-refractivity contribution is 6.03. The van der Waals surface area contributed by atoms with Crippen molar-refractivity contribution in [3.63, 3.8) is 0 Å². The monoisotopic (exact) mass is 365 g/mol. The van der Waals surface area contributed by atoms with Crippen LogP contribution >= 0.6 is 0 Å². The zero-order valence-electron chi connectivity index (χ0n) is 14.5. The number of para-hydroxylation sites is 1. The van der Waals surface area contributed by atoms with Gasteiger partial charge in [-0.2, -0.15) is 0 Å². The molecule has 0 saturated heterocycles. The van der Waals surface area contributed by atoms with Crippen molar-refractivity contribution in [3.05, 3.63) is 65.0 Å². The summed E-state index contributed by atoms with van der Waals surface area (Å²) >= 11 is 0. The molecular formula is C19H18F3NO3. The number of Topliss-reactive ketones (excluding diaryl/α,β-unsaturated/α-hetero) is 1. The Hall–Kier alpha value is -2.67. The molecule has 2 N–H and O–H groups in total. The first-order valence-electron chi connectivity index (χ1n) is 7.78. The van der Waals surface area contributed by atoms with E-state index >= 15 is 0 Å². The first-order valence-corrected chi connectivity index (χ1v) is 7.78. The van der Waals surface area contributed by atoms with Crippen molar-refractivity contribution in [3.8, 4) is 5.75 Å². The molecular weight excluding hydrogens is 347 g/mol. The van der Waals surface area contributed by atoms with E-state index in [0.29, 0.717) is 12.1 Å². The first-order chi connectivity index (χ1) is 12.0. The number of ether oxygens (including phenoxy) is 1. The maximum absolute atomic E-state index is 13.7. The van der Waals surface area contributed by atoms with Crippen molar-refractivity contribution in [2.45, 2.75) is 26.8 Å². The first kappa shape index (κ1) is 19.7. The normalized spacial score (nSPS) is 12.6. The van der Waals surface area contributed by atoms with Crippen LogP contribution in [-0.2, 0) is 0 Å². The highest BCUT2D eigenvalue weighted by Crippen LogP contribution is 2.27. The van der Waals surface area contributed by atoms with Gasteiger partial charge >= 0.3 is 5.97 Å². The third-order valence-corrected chi connectivity index (χ3v) is 3.78. The smallest absolute Gasteiger partial charge is 0.346 e. The van der Waals surface area contributed by atoms with E-state index < -0.39 is 46.2 Å². The fourth-order valence-electron chi connectivity index (χ4n) is 2.18. The van der Waals surface area contributed by atoms with E-state index in [2.05, 4.69) is 0 Å². The predicted molar refractivity (Wildman–Crippen MR) is 89.5 cm³/mol. The second-order valence-electron chi connectivity index (χ2n) is 6.84. The zero-order valence-corrected chi connectivity index (χ0v) is 14.5. The number of benzene rings is 2. The Morgan fingerprint density at radius 1 is 1.04 bits per heavy atom. The van der Waals surface area contributed by atoms with E-state index in [1.165, 1.54) is 18.2 Å². The van der Waals surface area contributed by atoms with E-state index in [4.69, 9.17) is 10.5 Å². The lowest BCUT2D eigenvalue weighted by Gasteiger charge is -2.26. The number of ketones is 1. The summed E-state index contributed by atoms with van der Waals surface area (Å²) in [5.41, 5.74) is 4.50. The van der Waals surface area contributed by atoms with Crippen LogP contribution in [0.1, 0.15) is 41.5 Å². The van der Waals surface area contributed by atoms with Crippen LogP contribution in [0.25, 0.3) is 0 Å². The average Bonchev–Trinajstić information content (AvgIpc) is 2.56. The summed E-state index contributed by atoms with van der Waals surface area (Å²) in [6, 6.07) is 5.70. The van der Waals surface area contributed by atoms with Crippen LogP contribution < -0.4 is 10.5 Å². The summed E-state index contributed by atoms with van der Waals surface area (Å²) in [5.74, 6) is -6.17. The van der Waals surface area contributed by atoms with Crippen molar-refractivity contribution >= 4 is 11.8 Å². The van der Waals surface area contributed by atoms with Gasteiger partial charge in [-0.3, -0.25) is 4.79 Å². The minimum atomic E-state index is -1.54. The molecule has 0 aliphatic heterocycles. The second-order valence-corrected chi connectivity index (χ2v) is 6.84. The summed E-state index contributed by atoms with van der Waals surface area (Å²) in [4.78, 5) is 24.7. The molecule has 1 atom stereocenters. The van der Waals surface area contributed by atoms with Crippen molar-refractivity contribution in [2.75, 3.05) is 0 Å². The fourth-order valence-corrected chi connectivity index (χ4v) is 2.18. The number of rotatable bonds is 4.